The Morgan fingerprint density at radius 1 is 1.39 bits per heavy atom. The highest BCUT2D eigenvalue weighted by Crippen LogP contribution is 2.19. The molecule has 28 heavy (non-hydrogen) atoms. The van der Waals surface area contributed by atoms with Crippen LogP contribution in [-0.4, -0.2) is 52.5 Å². The molecule has 1 aliphatic rings. The molecule has 0 spiro atoms. The molecular weight excluding hydrogens is 374 g/mol. The van der Waals surface area contributed by atoms with Crippen molar-refractivity contribution in [2.45, 2.75) is 45.8 Å². The van der Waals surface area contributed by atoms with E-state index in [4.69, 9.17) is 17.0 Å². The van der Waals surface area contributed by atoms with Crippen molar-refractivity contribution in [3.8, 4) is 0 Å². The van der Waals surface area contributed by atoms with Crippen molar-refractivity contribution < 1.29 is 9.84 Å². The van der Waals surface area contributed by atoms with Gasteiger partial charge in [-0.2, -0.15) is 0 Å². The molecule has 1 saturated heterocycles. The van der Waals surface area contributed by atoms with E-state index in [1.807, 2.05) is 24.0 Å². The lowest BCUT2D eigenvalue weighted by molar-refractivity contribution is 0.113. The number of aliphatic hydroxyl groups excluding tert-OH is 1. The number of fused-ring (bicyclic) bond motifs is 1. The number of aromatic nitrogens is 1. The number of rotatable bonds is 7. The van der Waals surface area contributed by atoms with Gasteiger partial charge in [-0.25, -0.2) is 0 Å². The van der Waals surface area contributed by atoms with Gasteiger partial charge in [-0.3, -0.25) is 4.79 Å². The van der Waals surface area contributed by atoms with E-state index in [-0.39, 0.29) is 18.3 Å². The van der Waals surface area contributed by atoms with E-state index < -0.39 is 0 Å². The molecule has 0 radical (unpaired) electrons. The highest BCUT2D eigenvalue weighted by atomic mass is 32.1. The summed E-state index contributed by atoms with van der Waals surface area (Å²) in [6.07, 6.45) is 2.90. The first kappa shape index (κ1) is 20.8. The van der Waals surface area contributed by atoms with Crippen LogP contribution >= 0.6 is 12.2 Å². The highest BCUT2D eigenvalue weighted by molar-refractivity contribution is 7.80. The molecule has 1 aromatic heterocycles. The number of aliphatic hydroxyl groups is 1. The predicted molar refractivity (Wildman–Crippen MR) is 116 cm³/mol. The normalized spacial score (nSPS) is 16.5. The molecule has 0 aliphatic carbocycles. The molecule has 0 bridgehead atoms. The molecule has 1 aliphatic heterocycles. The standard InChI is InChI=1S/C21H29N3O3S/c1-14-9-15(2)18-11-16(20(26)23-19(18)10-14)13-24(6-4-7-25)21(28)22-12-17-5-3-8-27-17/h9-11,17,25H,3-8,12-13H2,1-2H3,(H,22,28)(H,23,26). The van der Waals surface area contributed by atoms with Gasteiger partial charge < -0.3 is 25.0 Å². The minimum absolute atomic E-state index is 0.0807. The third-order valence-corrected chi connectivity index (χ3v) is 5.53. The van der Waals surface area contributed by atoms with Gasteiger partial charge in [-0.1, -0.05) is 6.07 Å². The summed E-state index contributed by atoms with van der Waals surface area (Å²) in [5, 5.41) is 14.1. The molecule has 7 heteroatoms. The van der Waals surface area contributed by atoms with Crippen LogP contribution in [0.3, 0.4) is 0 Å². The van der Waals surface area contributed by atoms with Gasteiger partial charge >= 0.3 is 0 Å². The minimum Gasteiger partial charge on any atom is -0.396 e. The van der Waals surface area contributed by atoms with E-state index in [9.17, 15) is 9.90 Å². The first-order chi connectivity index (χ1) is 13.5. The minimum atomic E-state index is -0.103. The molecule has 1 atom stereocenters. The molecule has 0 saturated carbocycles. The molecule has 3 N–H and O–H groups in total. The Morgan fingerprint density at radius 3 is 2.93 bits per heavy atom. The Labute approximate surface area is 170 Å². The molecule has 1 aromatic carbocycles. The Hall–Kier alpha value is -1.96. The Kier molecular flexibility index (Phi) is 7.04. The van der Waals surface area contributed by atoms with Crippen LogP contribution in [0, 0.1) is 13.8 Å². The van der Waals surface area contributed by atoms with Gasteiger partial charge in [0.25, 0.3) is 5.56 Å². The summed E-state index contributed by atoms with van der Waals surface area (Å²) in [6, 6.07) is 6.06. The molecule has 2 heterocycles. The number of hydrogen-bond acceptors (Lipinski definition) is 4. The van der Waals surface area contributed by atoms with Gasteiger partial charge in [-0.05, 0) is 68.6 Å². The summed E-state index contributed by atoms with van der Waals surface area (Å²) in [7, 11) is 0. The van der Waals surface area contributed by atoms with E-state index in [1.54, 1.807) is 0 Å². The maximum Gasteiger partial charge on any atom is 0.253 e. The number of nitrogens with one attached hydrogen (secondary N) is 2. The van der Waals surface area contributed by atoms with E-state index in [2.05, 4.69) is 23.3 Å². The quantitative estimate of drug-likeness (QED) is 0.616. The molecule has 2 aromatic rings. The van der Waals surface area contributed by atoms with Gasteiger partial charge in [0.05, 0.1) is 12.6 Å². The number of H-pyrrole nitrogens is 1. The summed E-state index contributed by atoms with van der Waals surface area (Å²) in [5.74, 6) is 0. The first-order valence-electron chi connectivity index (χ1n) is 9.86. The van der Waals surface area contributed by atoms with Crippen LogP contribution in [0.5, 0.6) is 0 Å². The maximum atomic E-state index is 12.6. The number of aromatic amines is 1. The lowest BCUT2D eigenvalue weighted by Gasteiger charge is -2.26. The van der Waals surface area contributed by atoms with Crippen molar-refractivity contribution in [3.63, 3.8) is 0 Å². The highest BCUT2D eigenvalue weighted by Gasteiger charge is 2.18. The van der Waals surface area contributed by atoms with Crippen LogP contribution in [0.15, 0.2) is 23.0 Å². The smallest absolute Gasteiger partial charge is 0.253 e. The van der Waals surface area contributed by atoms with Gasteiger partial charge in [-0.15, -0.1) is 0 Å². The molecule has 3 rings (SSSR count). The summed E-state index contributed by atoms with van der Waals surface area (Å²) in [5.41, 5.74) is 3.67. The van der Waals surface area contributed by atoms with Gasteiger partial charge in [0.1, 0.15) is 0 Å². The second-order valence-electron chi connectivity index (χ2n) is 7.49. The van der Waals surface area contributed by atoms with Gasteiger partial charge in [0.2, 0.25) is 0 Å². The Bertz CT molecular complexity index is 890. The number of hydrogen-bond donors (Lipinski definition) is 3. The van der Waals surface area contributed by atoms with E-state index in [0.717, 1.165) is 41.5 Å². The molecule has 0 amide bonds. The van der Waals surface area contributed by atoms with E-state index >= 15 is 0 Å². The third-order valence-electron chi connectivity index (χ3n) is 5.13. The van der Waals surface area contributed by atoms with Crippen LogP contribution in [0.2, 0.25) is 0 Å². The van der Waals surface area contributed by atoms with Crippen molar-refractivity contribution in [3.05, 3.63) is 45.2 Å². The van der Waals surface area contributed by atoms with Crippen LogP contribution in [-0.2, 0) is 11.3 Å². The average Bonchev–Trinajstić information content (AvgIpc) is 3.17. The van der Waals surface area contributed by atoms with Crippen molar-refractivity contribution in [2.75, 3.05) is 26.3 Å². The molecular formula is C21H29N3O3S. The number of thiocarbonyl (C=S) groups is 1. The number of nitrogens with zero attached hydrogens (tertiary/aromatic N) is 1. The number of aryl methyl sites for hydroxylation is 2. The third kappa shape index (κ3) is 5.10. The van der Waals surface area contributed by atoms with Crippen molar-refractivity contribution in [1.82, 2.24) is 15.2 Å². The van der Waals surface area contributed by atoms with Crippen LogP contribution in [0.4, 0.5) is 0 Å². The topological polar surface area (TPSA) is 77.6 Å². The second-order valence-corrected chi connectivity index (χ2v) is 7.87. The van der Waals surface area contributed by atoms with Crippen molar-refractivity contribution in [1.29, 1.82) is 0 Å². The van der Waals surface area contributed by atoms with Crippen LogP contribution in [0.25, 0.3) is 10.9 Å². The predicted octanol–water partition coefficient (Wildman–Crippen LogP) is 2.38. The monoisotopic (exact) mass is 403 g/mol. The maximum absolute atomic E-state index is 12.6. The summed E-state index contributed by atoms with van der Waals surface area (Å²) >= 11 is 5.57. The van der Waals surface area contributed by atoms with Crippen LogP contribution < -0.4 is 10.9 Å². The SMILES string of the molecule is Cc1cc(C)c2cc(CN(CCCO)C(=S)NCC3CCCO3)c(=O)[nH]c2c1. The summed E-state index contributed by atoms with van der Waals surface area (Å²) in [6.45, 7) is 6.60. The fraction of sp³-hybridized carbons (Fsp3) is 0.524. The number of pyridine rings is 1. The zero-order chi connectivity index (χ0) is 20.1. The average molecular weight is 404 g/mol. The fourth-order valence-electron chi connectivity index (χ4n) is 3.67. The van der Waals surface area contributed by atoms with Gasteiger partial charge in [0, 0.05) is 42.8 Å². The van der Waals surface area contributed by atoms with Crippen molar-refractivity contribution in [2.24, 2.45) is 0 Å². The number of ether oxygens (including phenoxy) is 1. The molecule has 1 unspecified atom stereocenters. The Morgan fingerprint density at radius 2 is 2.21 bits per heavy atom. The van der Waals surface area contributed by atoms with E-state index in [0.29, 0.717) is 36.7 Å². The fourth-order valence-corrected chi connectivity index (χ4v) is 3.91. The zero-order valence-corrected chi connectivity index (χ0v) is 17.4. The van der Waals surface area contributed by atoms with E-state index in [1.165, 1.54) is 0 Å². The second kappa shape index (κ2) is 9.49. The van der Waals surface area contributed by atoms with Gasteiger partial charge in [0.15, 0.2) is 5.11 Å². The number of benzene rings is 1. The summed E-state index contributed by atoms with van der Waals surface area (Å²) < 4.78 is 5.64. The summed E-state index contributed by atoms with van der Waals surface area (Å²) in [4.78, 5) is 17.6. The lowest BCUT2D eigenvalue weighted by atomic mass is 10.0. The molecule has 152 valence electrons. The first-order valence-corrected chi connectivity index (χ1v) is 10.3. The largest absolute Gasteiger partial charge is 0.396 e. The lowest BCUT2D eigenvalue weighted by Crippen LogP contribution is -2.43. The molecule has 1 fully saturated rings. The Balaban J connectivity index is 1.78. The molecule has 6 nitrogen and oxygen atoms in total. The van der Waals surface area contributed by atoms with Crippen molar-refractivity contribution >= 4 is 28.2 Å². The zero-order valence-electron chi connectivity index (χ0n) is 16.6. The van der Waals surface area contributed by atoms with Crippen LogP contribution in [0.1, 0.15) is 36.0 Å².